The molecule has 0 unspecified atom stereocenters. The zero-order chi connectivity index (χ0) is 26.9. The van der Waals surface area contributed by atoms with Crippen LogP contribution in [0.15, 0.2) is 54.9 Å². The van der Waals surface area contributed by atoms with Crippen molar-refractivity contribution in [3.8, 4) is 5.75 Å². The molecule has 196 valence electrons. The van der Waals surface area contributed by atoms with E-state index in [1.807, 2.05) is 37.4 Å². The number of hydrogen-bond donors (Lipinski definition) is 1. The maximum atomic E-state index is 12.4. The summed E-state index contributed by atoms with van der Waals surface area (Å²) in [5.74, 6) is 0.886. The number of imidazole rings is 1. The van der Waals surface area contributed by atoms with Crippen molar-refractivity contribution in [2.24, 2.45) is 0 Å². The van der Waals surface area contributed by atoms with E-state index in [1.54, 1.807) is 18.3 Å². The summed E-state index contributed by atoms with van der Waals surface area (Å²) < 4.78 is 18.8. The molecule has 1 aliphatic rings. The van der Waals surface area contributed by atoms with Crippen LogP contribution in [0, 0.1) is 12.7 Å². The topological polar surface area (TPSA) is 84.6 Å². The molecule has 1 N–H and O–H groups in total. The molecule has 0 bridgehead atoms. The van der Waals surface area contributed by atoms with Crippen LogP contribution < -0.4 is 15.0 Å². The molecule has 4 heterocycles. The van der Waals surface area contributed by atoms with Crippen molar-refractivity contribution in [2.45, 2.75) is 33.2 Å². The standard InChI is InChI=1S/C17H16Cl2N6O.C7H7FO.C2H6/c1-10-7-21-15-2-3-16(23-25(10)15)24-5-4-11(9-24)22-17(26)14-6-12(18)13(19)8-20-14;1-9-7-4-2-3-6(8)5-7;1-2/h2-3,6-8,11H,4-5,9H2,1H3,(H,22,26);2-5H,1H3;1-2H3/t11-;;/m0../s1. The number of nitrogens with zero attached hydrogens (tertiary/aromatic N) is 5. The van der Waals surface area contributed by atoms with Crippen LogP contribution in [0.1, 0.15) is 36.5 Å². The van der Waals surface area contributed by atoms with Crippen LogP contribution in [-0.4, -0.2) is 51.7 Å². The highest BCUT2D eigenvalue weighted by atomic mass is 35.5. The van der Waals surface area contributed by atoms with Gasteiger partial charge in [-0.1, -0.05) is 43.1 Å². The summed E-state index contributed by atoms with van der Waals surface area (Å²) >= 11 is 11.8. The first-order valence-electron chi connectivity index (χ1n) is 11.8. The Morgan fingerprint density at radius 2 is 1.89 bits per heavy atom. The number of rotatable bonds is 4. The van der Waals surface area contributed by atoms with E-state index in [2.05, 4.69) is 25.3 Å². The molecule has 1 amide bonds. The predicted molar refractivity (Wildman–Crippen MR) is 144 cm³/mol. The molecule has 0 saturated carbocycles. The van der Waals surface area contributed by atoms with Gasteiger partial charge < -0.3 is 15.0 Å². The lowest BCUT2D eigenvalue weighted by Crippen LogP contribution is -2.37. The van der Waals surface area contributed by atoms with E-state index in [-0.39, 0.29) is 23.5 Å². The fraction of sp³-hybridized carbons (Fsp3) is 0.308. The first kappa shape index (κ1) is 28.1. The molecule has 1 aromatic carbocycles. The Labute approximate surface area is 225 Å². The Morgan fingerprint density at radius 1 is 1.11 bits per heavy atom. The third kappa shape index (κ3) is 7.30. The fourth-order valence-corrected chi connectivity index (χ4v) is 3.88. The van der Waals surface area contributed by atoms with E-state index >= 15 is 0 Å². The zero-order valence-corrected chi connectivity index (χ0v) is 22.6. The van der Waals surface area contributed by atoms with Crippen LogP contribution in [-0.2, 0) is 0 Å². The second-order valence-corrected chi connectivity index (χ2v) is 8.73. The van der Waals surface area contributed by atoms with Crippen molar-refractivity contribution in [2.75, 3.05) is 25.1 Å². The summed E-state index contributed by atoms with van der Waals surface area (Å²) in [5.41, 5.74) is 2.06. The minimum absolute atomic E-state index is 0.0140. The number of pyridine rings is 1. The molecule has 3 aromatic heterocycles. The van der Waals surface area contributed by atoms with Crippen LogP contribution >= 0.6 is 23.2 Å². The summed E-state index contributed by atoms with van der Waals surface area (Å²) in [4.78, 5) is 22.8. The van der Waals surface area contributed by atoms with E-state index in [0.29, 0.717) is 22.3 Å². The molecule has 1 fully saturated rings. The molecular weight excluding hydrogens is 518 g/mol. The van der Waals surface area contributed by atoms with E-state index in [9.17, 15) is 9.18 Å². The molecule has 0 spiro atoms. The highest BCUT2D eigenvalue weighted by Crippen LogP contribution is 2.22. The van der Waals surface area contributed by atoms with Gasteiger partial charge >= 0.3 is 0 Å². The molecule has 11 heteroatoms. The van der Waals surface area contributed by atoms with Gasteiger partial charge in [-0.15, -0.1) is 5.10 Å². The number of hydrogen-bond acceptors (Lipinski definition) is 6. The number of methoxy groups -OCH3 is 1. The van der Waals surface area contributed by atoms with Gasteiger partial charge in [-0.05, 0) is 43.7 Å². The first-order valence-corrected chi connectivity index (χ1v) is 12.6. The number of ether oxygens (including phenoxy) is 1. The van der Waals surface area contributed by atoms with Crippen molar-refractivity contribution >= 4 is 40.6 Å². The highest BCUT2D eigenvalue weighted by Gasteiger charge is 2.26. The third-order valence-electron chi connectivity index (χ3n) is 5.44. The number of amides is 1. The number of fused-ring (bicyclic) bond motifs is 1. The van der Waals surface area contributed by atoms with Crippen molar-refractivity contribution in [3.63, 3.8) is 0 Å². The van der Waals surface area contributed by atoms with Crippen LogP contribution in [0.25, 0.3) is 5.65 Å². The lowest BCUT2D eigenvalue weighted by atomic mass is 10.2. The van der Waals surface area contributed by atoms with E-state index in [4.69, 9.17) is 27.9 Å². The molecular formula is C26H29Cl2FN6O2. The smallest absolute Gasteiger partial charge is 0.270 e. The highest BCUT2D eigenvalue weighted by molar-refractivity contribution is 6.42. The van der Waals surface area contributed by atoms with Crippen molar-refractivity contribution in [1.29, 1.82) is 0 Å². The molecule has 8 nitrogen and oxygen atoms in total. The Kier molecular flexibility index (Phi) is 10.0. The van der Waals surface area contributed by atoms with E-state index in [1.165, 1.54) is 31.5 Å². The van der Waals surface area contributed by atoms with Gasteiger partial charge in [0, 0.05) is 31.4 Å². The molecule has 1 saturated heterocycles. The van der Waals surface area contributed by atoms with Gasteiger partial charge in [-0.25, -0.2) is 18.9 Å². The molecule has 1 aliphatic heterocycles. The number of aromatic nitrogens is 4. The molecule has 0 radical (unpaired) electrons. The molecule has 4 aromatic rings. The Morgan fingerprint density at radius 3 is 2.57 bits per heavy atom. The normalized spacial score (nSPS) is 14.4. The summed E-state index contributed by atoms with van der Waals surface area (Å²) in [7, 11) is 1.51. The summed E-state index contributed by atoms with van der Waals surface area (Å²) in [6.07, 6.45) is 4.01. The maximum Gasteiger partial charge on any atom is 0.270 e. The number of nitrogens with one attached hydrogen (secondary N) is 1. The maximum absolute atomic E-state index is 12.4. The van der Waals surface area contributed by atoms with E-state index in [0.717, 1.165) is 30.1 Å². The van der Waals surface area contributed by atoms with Crippen LogP contribution in [0.5, 0.6) is 5.75 Å². The van der Waals surface area contributed by atoms with Gasteiger partial charge in [0.2, 0.25) is 0 Å². The summed E-state index contributed by atoms with van der Waals surface area (Å²) in [6.45, 7) is 7.46. The minimum atomic E-state index is -0.269. The average molecular weight is 547 g/mol. The predicted octanol–water partition coefficient (Wildman–Crippen LogP) is 5.61. The third-order valence-corrected chi connectivity index (χ3v) is 6.15. The summed E-state index contributed by atoms with van der Waals surface area (Å²) in [6, 6.07) is 11.4. The van der Waals surface area contributed by atoms with Gasteiger partial charge in [-0.3, -0.25) is 4.79 Å². The fourth-order valence-electron chi connectivity index (χ4n) is 3.62. The zero-order valence-electron chi connectivity index (χ0n) is 21.1. The van der Waals surface area contributed by atoms with Crippen LogP contribution in [0.3, 0.4) is 0 Å². The van der Waals surface area contributed by atoms with Crippen LogP contribution in [0.2, 0.25) is 10.0 Å². The lowest BCUT2D eigenvalue weighted by molar-refractivity contribution is 0.0935. The largest absolute Gasteiger partial charge is 0.497 e. The Balaban J connectivity index is 0.000000291. The Bertz CT molecular complexity index is 1350. The lowest BCUT2D eigenvalue weighted by Gasteiger charge is -2.18. The van der Waals surface area contributed by atoms with Crippen molar-refractivity contribution in [1.82, 2.24) is 24.9 Å². The van der Waals surface area contributed by atoms with Gasteiger partial charge in [0.1, 0.15) is 23.1 Å². The SMILES string of the molecule is CC.COc1cccc(F)c1.Cc1cnc2ccc(N3CC[C@H](NC(=O)c4cc(Cl)c(Cl)cn4)C3)nn12. The van der Waals surface area contributed by atoms with Crippen molar-refractivity contribution < 1.29 is 13.9 Å². The molecule has 5 rings (SSSR count). The number of benzene rings is 1. The summed E-state index contributed by atoms with van der Waals surface area (Å²) in [5, 5.41) is 8.26. The second kappa shape index (κ2) is 13.2. The monoisotopic (exact) mass is 546 g/mol. The van der Waals surface area contributed by atoms with E-state index < -0.39 is 0 Å². The van der Waals surface area contributed by atoms with Gasteiger partial charge in [0.25, 0.3) is 5.91 Å². The Hall–Kier alpha value is -3.43. The molecule has 37 heavy (non-hydrogen) atoms. The number of aryl methyl sites for hydroxylation is 1. The molecule has 1 atom stereocenters. The quantitative estimate of drug-likeness (QED) is 0.358. The first-order chi connectivity index (χ1) is 17.8. The average Bonchev–Trinajstić information content (AvgIpc) is 3.53. The van der Waals surface area contributed by atoms with Gasteiger partial charge in [0.05, 0.1) is 29.0 Å². The second-order valence-electron chi connectivity index (χ2n) is 7.91. The van der Waals surface area contributed by atoms with Gasteiger partial charge in [-0.2, -0.15) is 0 Å². The van der Waals surface area contributed by atoms with Crippen LogP contribution in [0.4, 0.5) is 10.2 Å². The number of carbonyl (C=O) groups is 1. The van der Waals surface area contributed by atoms with Crippen molar-refractivity contribution in [3.05, 3.63) is 82.1 Å². The van der Waals surface area contributed by atoms with Gasteiger partial charge in [0.15, 0.2) is 5.65 Å². The number of anilines is 1. The molecule has 0 aliphatic carbocycles. The minimum Gasteiger partial charge on any atom is -0.497 e. The number of carbonyl (C=O) groups excluding carboxylic acids is 1. The number of halogens is 3.